The van der Waals surface area contributed by atoms with Gasteiger partial charge in [-0.25, -0.2) is 0 Å². The number of hydrogen-bond donors (Lipinski definition) is 3. The summed E-state index contributed by atoms with van der Waals surface area (Å²) in [4.78, 5) is 23.6. The highest BCUT2D eigenvalue weighted by atomic mass is 16.2. The Hall–Kier alpha value is -1.88. The predicted octanol–water partition coefficient (Wildman–Crippen LogP) is 2.24. The maximum Gasteiger partial charge on any atom is 0.238 e. The molecule has 5 nitrogen and oxygen atoms in total. The molecule has 0 spiro atoms. The van der Waals surface area contributed by atoms with Gasteiger partial charge in [-0.1, -0.05) is 39.8 Å². The van der Waals surface area contributed by atoms with Crippen molar-refractivity contribution in [2.75, 3.05) is 11.9 Å². The molecule has 0 aliphatic rings. The minimum Gasteiger partial charge on any atom is -0.368 e. The smallest absolute Gasteiger partial charge is 0.238 e. The number of benzene rings is 1. The van der Waals surface area contributed by atoms with Crippen LogP contribution >= 0.6 is 0 Å². The van der Waals surface area contributed by atoms with E-state index in [4.69, 9.17) is 5.73 Å². The first-order valence-electron chi connectivity index (χ1n) is 7.61. The number of carbonyl (C=O) groups excluding carboxylic acids is 2. The van der Waals surface area contributed by atoms with Crippen LogP contribution in [0.4, 0.5) is 5.69 Å². The second kappa shape index (κ2) is 7.40. The molecule has 0 saturated heterocycles. The Morgan fingerprint density at radius 2 is 1.68 bits per heavy atom. The minimum atomic E-state index is -0.904. The maximum absolute atomic E-state index is 12.0. The molecule has 0 saturated carbocycles. The Labute approximate surface area is 132 Å². The summed E-state index contributed by atoms with van der Waals surface area (Å²) in [7, 11) is 0. The topological polar surface area (TPSA) is 84.2 Å². The largest absolute Gasteiger partial charge is 0.368 e. The zero-order chi connectivity index (χ0) is 16.9. The molecule has 0 fully saturated rings. The predicted molar refractivity (Wildman–Crippen MR) is 89.6 cm³/mol. The van der Waals surface area contributed by atoms with Gasteiger partial charge in [-0.3, -0.25) is 14.9 Å². The van der Waals surface area contributed by atoms with E-state index in [0.717, 1.165) is 5.69 Å². The van der Waals surface area contributed by atoms with Crippen molar-refractivity contribution in [3.05, 3.63) is 29.8 Å². The number of carbonyl (C=O) groups is 2. The highest BCUT2D eigenvalue weighted by Crippen LogP contribution is 2.18. The summed E-state index contributed by atoms with van der Waals surface area (Å²) >= 11 is 0. The fraction of sp³-hybridized carbons (Fsp3) is 0.529. The van der Waals surface area contributed by atoms with E-state index in [-0.39, 0.29) is 18.4 Å². The summed E-state index contributed by atoms with van der Waals surface area (Å²) in [5.74, 6) is -0.223. The fourth-order valence-electron chi connectivity index (χ4n) is 2.00. The Bertz CT molecular complexity index is 523. The quantitative estimate of drug-likeness (QED) is 0.722. The second-order valence-corrected chi connectivity index (χ2v) is 6.40. The third-order valence-corrected chi connectivity index (χ3v) is 4.14. The number of nitrogens with one attached hydrogen (secondary N) is 2. The van der Waals surface area contributed by atoms with Crippen molar-refractivity contribution >= 4 is 17.5 Å². The lowest BCUT2D eigenvalue weighted by molar-refractivity contribution is -0.125. The van der Waals surface area contributed by atoms with Crippen LogP contribution in [-0.4, -0.2) is 23.9 Å². The molecule has 1 rings (SSSR count). The van der Waals surface area contributed by atoms with Crippen molar-refractivity contribution in [2.24, 2.45) is 11.7 Å². The van der Waals surface area contributed by atoms with Gasteiger partial charge in [-0.2, -0.15) is 0 Å². The zero-order valence-corrected chi connectivity index (χ0v) is 14.1. The van der Waals surface area contributed by atoms with Crippen molar-refractivity contribution in [3.63, 3.8) is 0 Å². The molecule has 0 aliphatic carbocycles. The number of amides is 2. The van der Waals surface area contributed by atoms with E-state index in [1.54, 1.807) is 6.92 Å². The first-order valence-corrected chi connectivity index (χ1v) is 7.61. The zero-order valence-electron chi connectivity index (χ0n) is 14.1. The summed E-state index contributed by atoms with van der Waals surface area (Å²) in [5, 5.41) is 5.76. The van der Waals surface area contributed by atoms with E-state index in [9.17, 15) is 9.59 Å². The summed E-state index contributed by atoms with van der Waals surface area (Å²) in [6, 6.07) is 7.75. The molecule has 1 aromatic carbocycles. The molecule has 0 radical (unpaired) electrons. The van der Waals surface area contributed by atoms with Gasteiger partial charge in [0.2, 0.25) is 11.8 Å². The summed E-state index contributed by atoms with van der Waals surface area (Å²) in [5.41, 5.74) is 6.48. The number of primary amides is 1. The molecule has 0 bridgehead atoms. The molecular formula is C17H27N3O2. The monoisotopic (exact) mass is 305 g/mol. The Balaban J connectivity index is 2.61. The molecule has 0 aliphatic heterocycles. The van der Waals surface area contributed by atoms with Gasteiger partial charge in [0.25, 0.3) is 0 Å². The molecule has 22 heavy (non-hydrogen) atoms. The summed E-state index contributed by atoms with van der Waals surface area (Å²) in [6.07, 6.45) is 0. The lowest BCUT2D eigenvalue weighted by Crippen LogP contribution is -2.58. The third kappa shape index (κ3) is 4.56. The number of anilines is 1. The van der Waals surface area contributed by atoms with Gasteiger partial charge < -0.3 is 11.1 Å². The van der Waals surface area contributed by atoms with Gasteiger partial charge in [0.1, 0.15) is 0 Å². The lowest BCUT2D eigenvalue weighted by atomic mass is 9.87. The first kappa shape index (κ1) is 18.2. The maximum atomic E-state index is 12.0. The molecule has 5 heteroatoms. The second-order valence-electron chi connectivity index (χ2n) is 6.40. The molecule has 0 aromatic heterocycles. The fourth-order valence-corrected chi connectivity index (χ4v) is 2.00. The lowest BCUT2D eigenvalue weighted by Gasteiger charge is -2.31. The molecule has 0 heterocycles. The average molecular weight is 305 g/mol. The van der Waals surface area contributed by atoms with Crippen LogP contribution in [0.15, 0.2) is 24.3 Å². The van der Waals surface area contributed by atoms with Gasteiger partial charge in [-0.05, 0) is 36.5 Å². The van der Waals surface area contributed by atoms with Gasteiger partial charge in [0.15, 0.2) is 0 Å². The SMILES string of the molecule is CC(C)c1ccc(NC(=O)CN[C@](C)(C(N)=O)C(C)C)cc1. The van der Waals surface area contributed by atoms with E-state index >= 15 is 0 Å². The van der Waals surface area contributed by atoms with Crippen LogP contribution in [0, 0.1) is 5.92 Å². The molecular weight excluding hydrogens is 278 g/mol. The van der Waals surface area contributed by atoms with E-state index in [1.807, 2.05) is 38.1 Å². The number of hydrogen-bond acceptors (Lipinski definition) is 3. The number of rotatable bonds is 7. The van der Waals surface area contributed by atoms with Crippen LogP contribution in [0.25, 0.3) is 0 Å². The molecule has 0 unspecified atom stereocenters. The van der Waals surface area contributed by atoms with E-state index in [0.29, 0.717) is 5.92 Å². The van der Waals surface area contributed by atoms with Crippen LogP contribution in [-0.2, 0) is 9.59 Å². The van der Waals surface area contributed by atoms with Crippen molar-refractivity contribution < 1.29 is 9.59 Å². The Morgan fingerprint density at radius 1 is 1.14 bits per heavy atom. The molecule has 4 N–H and O–H groups in total. The third-order valence-electron chi connectivity index (χ3n) is 4.14. The van der Waals surface area contributed by atoms with E-state index in [2.05, 4.69) is 24.5 Å². The summed E-state index contributed by atoms with van der Waals surface area (Å²) in [6.45, 7) is 9.76. The van der Waals surface area contributed by atoms with E-state index in [1.165, 1.54) is 5.56 Å². The van der Waals surface area contributed by atoms with Crippen LogP contribution in [0.1, 0.15) is 46.1 Å². The van der Waals surface area contributed by atoms with Crippen LogP contribution in [0.3, 0.4) is 0 Å². The van der Waals surface area contributed by atoms with Crippen molar-refractivity contribution in [3.8, 4) is 0 Å². The van der Waals surface area contributed by atoms with E-state index < -0.39 is 11.4 Å². The molecule has 2 amide bonds. The van der Waals surface area contributed by atoms with Gasteiger partial charge >= 0.3 is 0 Å². The van der Waals surface area contributed by atoms with Gasteiger partial charge in [0.05, 0.1) is 12.1 Å². The Morgan fingerprint density at radius 3 is 2.09 bits per heavy atom. The Kier molecular flexibility index (Phi) is 6.11. The normalized spacial score (nSPS) is 14.0. The van der Waals surface area contributed by atoms with Crippen molar-refractivity contribution in [1.29, 1.82) is 0 Å². The first-order chi connectivity index (χ1) is 10.2. The molecule has 1 aromatic rings. The number of nitrogens with two attached hydrogens (primary N) is 1. The van der Waals surface area contributed by atoms with Gasteiger partial charge in [-0.15, -0.1) is 0 Å². The summed E-state index contributed by atoms with van der Waals surface area (Å²) < 4.78 is 0. The highest BCUT2D eigenvalue weighted by Gasteiger charge is 2.34. The highest BCUT2D eigenvalue weighted by molar-refractivity contribution is 5.93. The standard InChI is InChI=1S/C17H27N3O2/c1-11(2)13-6-8-14(9-7-13)20-15(21)10-19-17(5,12(3)4)16(18)22/h6-9,11-12,19H,10H2,1-5H3,(H2,18,22)(H,20,21)/t17-/m0/s1. The van der Waals surface area contributed by atoms with Crippen LogP contribution in [0.2, 0.25) is 0 Å². The van der Waals surface area contributed by atoms with Crippen molar-refractivity contribution in [1.82, 2.24) is 5.32 Å². The van der Waals surface area contributed by atoms with Crippen molar-refractivity contribution in [2.45, 2.75) is 46.1 Å². The van der Waals surface area contributed by atoms with Crippen LogP contribution in [0.5, 0.6) is 0 Å². The molecule has 1 atom stereocenters. The van der Waals surface area contributed by atoms with Crippen LogP contribution < -0.4 is 16.4 Å². The average Bonchev–Trinajstić information content (AvgIpc) is 2.44. The van der Waals surface area contributed by atoms with Gasteiger partial charge in [0, 0.05) is 5.69 Å². The minimum absolute atomic E-state index is 0.0110. The molecule has 122 valence electrons.